The van der Waals surface area contributed by atoms with E-state index >= 15 is 0 Å². The number of benzene rings is 1. The van der Waals surface area contributed by atoms with Gasteiger partial charge in [0.2, 0.25) is 0 Å². The molecular weight excluding hydrogens is 311 g/mol. The number of rotatable bonds is 5. The summed E-state index contributed by atoms with van der Waals surface area (Å²) in [5, 5.41) is 13.5. The Kier molecular flexibility index (Phi) is 6.78. The molecule has 0 aliphatic rings. The van der Waals surface area contributed by atoms with E-state index in [0.29, 0.717) is 10.0 Å². The molecule has 0 heterocycles. The van der Waals surface area contributed by atoms with Gasteiger partial charge in [0.05, 0.1) is 12.1 Å². The van der Waals surface area contributed by atoms with Gasteiger partial charge in [0.15, 0.2) is 0 Å². The number of nitrogens with zero attached hydrogens (tertiary/aromatic N) is 1. The van der Waals surface area contributed by atoms with E-state index in [-0.39, 0.29) is 24.7 Å². The lowest BCUT2D eigenvalue weighted by Crippen LogP contribution is -2.47. The van der Waals surface area contributed by atoms with Crippen LogP contribution in [0.3, 0.4) is 0 Å². The van der Waals surface area contributed by atoms with Crippen molar-refractivity contribution in [1.82, 2.24) is 10.2 Å². The predicted molar refractivity (Wildman–Crippen MR) is 86.9 cm³/mol. The number of carbonyl (C=O) groups excluding carboxylic acids is 1. The molecule has 1 aromatic carbocycles. The number of hydrogen-bond donors (Lipinski definition) is 2. The Morgan fingerprint density at radius 1 is 1.29 bits per heavy atom. The zero-order valence-electron chi connectivity index (χ0n) is 12.7. The summed E-state index contributed by atoms with van der Waals surface area (Å²) in [6.07, 6.45) is -0.576. The molecule has 0 aliphatic carbocycles. The van der Waals surface area contributed by atoms with E-state index in [9.17, 15) is 9.90 Å². The van der Waals surface area contributed by atoms with Gasteiger partial charge in [-0.2, -0.15) is 0 Å². The Morgan fingerprint density at radius 2 is 1.90 bits per heavy atom. The molecule has 118 valence electrons. The van der Waals surface area contributed by atoms with Crippen molar-refractivity contribution in [3.05, 3.63) is 33.8 Å². The van der Waals surface area contributed by atoms with E-state index in [2.05, 4.69) is 5.32 Å². The molecule has 0 fully saturated rings. The quantitative estimate of drug-likeness (QED) is 0.860. The molecule has 0 radical (unpaired) electrons. The topological polar surface area (TPSA) is 52.6 Å². The Hall–Kier alpha value is -0.970. The molecule has 2 N–H and O–H groups in total. The van der Waals surface area contributed by atoms with Gasteiger partial charge in [-0.1, -0.05) is 29.3 Å². The number of urea groups is 1. The summed E-state index contributed by atoms with van der Waals surface area (Å²) < 4.78 is 0. The number of hydrogen-bond acceptors (Lipinski definition) is 2. The van der Waals surface area contributed by atoms with Gasteiger partial charge in [-0.3, -0.25) is 0 Å². The molecule has 0 bridgehead atoms. The molecule has 0 saturated carbocycles. The van der Waals surface area contributed by atoms with Crippen molar-refractivity contribution in [1.29, 1.82) is 0 Å². The smallest absolute Gasteiger partial charge is 0.318 e. The van der Waals surface area contributed by atoms with Crippen molar-refractivity contribution >= 4 is 29.2 Å². The SMILES string of the molecule is CC(O)CN(C(=O)NC(C)c1ccc(Cl)cc1Cl)C(C)C. The second kappa shape index (κ2) is 7.87. The Balaban J connectivity index is 2.80. The molecule has 0 saturated heterocycles. The van der Waals surface area contributed by atoms with Crippen LogP contribution >= 0.6 is 23.2 Å². The van der Waals surface area contributed by atoms with Crippen LogP contribution < -0.4 is 5.32 Å². The van der Waals surface area contributed by atoms with Crippen LogP contribution in [0.2, 0.25) is 10.0 Å². The third-order valence-electron chi connectivity index (χ3n) is 3.11. The zero-order chi connectivity index (χ0) is 16.2. The van der Waals surface area contributed by atoms with Crippen LogP contribution in [0.25, 0.3) is 0 Å². The van der Waals surface area contributed by atoms with Gasteiger partial charge in [0, 0.05) is 22.6 Å². The second-order valence-electron chi connectivity index (χ2n) is 5.43. The molecule has 2 amide bonds. The van der Waals surface area contributed by atoms with Crippen LogP contribution in [0.15, 0.2) is 18.2 Å². The fourth-order valence-electron chi connectivity index (χ4n) is 2.01. The van der Waals surface area contributed by atoms with Crippen molar-refractivity contribution in [3.63, 3.8) is 0 Å². The van der Waals surface area contributed by atoms with Gasteiger partial charge in [-0.25, -0.2) is 4.79 Å². The van der Waals surface area contributed by atoms with Crippen molar-refractivity contribution in [2.45, 2.75) is 45.9 Å². The molecule has 0 spiro atoms. The average molecular weight is 333 g/mol. The number of nitrogens with one attached hydrogen (secondary N) is 1. The molecule has 1 aromatic rings. The van der Waals surface area contributed by atoms with Crippen LogP contribution in [-0.4, -0.2) is 34.7 Å². The maximum absolute atomic E-state index is 12.3. The predicted octanol–water partition coefficient (Wildman–Crippen LogP) is 3.86. The van der Waals surface area contributed by atoms with Crippen LogP contribution in [0, 0.1) is 0 Å². The van der Waals surface area contributed by atoms with Gasteiger partial charge in [-0.05, 0) is 45.4 Å². The minimum Gasteiger partial charge on any atom is -0.392 e. The van der Waals surface area contributed by atoms with E-state index < -0.39 is 6.10 Å². The molecule has 0 aliphatic heterocycles. The monoisotopic (exact) mass is 332 g/mol. The van der Waals surface area contributed by atoms with Crippen LogP contribution in [-0.2, 0) is 0 Å². The average Bonchev–Trinajstić information content (AvgIpc) is 2.34. The molecule has 1 rings (SSSR count). The molecule has 2 unspecified atom stereocenters. The number of aliphatic hydroxyl groups is 1. The van der Waals surface area contributed by atoms with Gasteiger partial charge >= 0.3 is 6.03 Å². The van der Waals surface area contributed by atoms with E-state index in [0.717, 1.165) is 5.56 Å². The van der Waals surface area contributed by atoms with Crippen molar-refractivity contribution in [2.24, 2.45) is 0 Å². The fraction of sp³-hybridized carbons (Fsp3) is 0.533. The number of aliphatic hydroxyl groups excluding tert-OH is 1. The van der Waals surface area contributed by atoms with E-state index in [4.69, 9.17) is 23.2 Å². The summed E-state index contributed by atoms with van der Waals surface area (Å²) in [6.45, 7) is 7.60. The Morgan fingerprint density at radius 3 is 2.38 bits per heavy atom. The van der Waals surface area contributed by atoms with E-state index in [1.54, 1.807) is 30.0 Å². The highest BCUT2D eigenvalue weighted by Gasteiger charge is 2.21. The van der Waals surface area contributed by atoms with Crippen LogP contribution in [0.1, 0.15) is 39.3 Å². The maximum Gasteiger partial charge on any atom is 0.318 e. The first kappa shape index (κ1) is 18.1. The summed E-state index contributed by atoms with van der Waals surface area (Å²) >= 11 is 12.0. The molecule has 6 heteroatoms. The lowest BCUT2D eigenvalue weighted by Gasteiger charge is -2.30. The fourth-order valence-corrected chi connectivity index (χ4v) is 2.58. The lowest BCUT2D eigenvalue weighted by atomic mass is 10.1. The van der Waals surface area contributed by atoms with Gasteiger partial charge < -0.3 is 15.3 Å². The van der Waals surface area contributed by atoms with E-state index in [1.807, 2.05) is 20.8 Å². The first-order valence-corrected chi connectivity index (χ1v) is 7.68. The number of halogens is 2. The second-order valence-corrected chi connectivity index (χ2v) is 6.28. The van der Waals surface area contributed by atoms with Gasteiger partial charge in [-0.15, -0.1) is 0 Å². The largest absolute Gasteiger partial charge is 0.392 e. The molecule has 21 heavy (non-hydrogen) atoms. The third kappa shape index (κ3) is 5.38. The molecule has 4 nitrogen and oxygen atoms in total. The number of carbonyl (C=O) groups is 1. The summed E-state index contributed by atoms with van der Waals surface area (Å²) in [7, 11) is 0. The first-order valence-electron chi connectivity index (χ1n) is 6.92. The van der Waals surface area contributed by atoms with Gasteiger partial charge in [0.1, 0.15) is 0 Å². The zero-order valence-corrected chi connectivity index (χ0v) is 14.2. The van der Waals surface area contributed by atoms with Crippen molar-refractivity contribution < 1.29 is 9.90 Å². The minimum atomic E-state index is -0.576. The summed E-state index contributed by atoms with van der Waals surface area (Å²) in [5.41, 5.74) is 0.801. The van der Waals surface area contributed by atoms with Crippen molar-refractivity contribution in [3.8, 4) is 0 Å². The highest BCUT2D eigenvalue weighted by molar-refractivity contribution is 6.35. The maximum atomic E-state index is 12.3. The normalized spacial score (nSPS) is 13.9. The number of amides is 2. The summed E-state index contributed by atoms with van der Waals surface area (Å²) in [5.74, 6) is 0. The standard InChI is InChI=1S/C15H22Cl2N2O2/c1-9(2)19(8-10(3)20)15(21)18-11(4)13-6-5-12(16)7-14(13)17/h5-7,9-11,20H,8H2,1-4H3,(H,18,21). The van der Waals surface area contributed by atoms with E-state index in [1.165, 1.54) is 0 Å². The van der Waals surface area contributed by atoms with Crippen LogP contribution in [0.4, 0.5) is 4.79 Å². The third-order valence-corrected chi connectivity index (χ3v) is 3.68. The van der Waals surface area contributed by atoms with Crippen LogP contribution in [0.5, 0.6) is 0 Å². The lowest BCUT2D eigenvalue weighted by molar-refractivity contribution is 0.117. The molecule has 0 aromatic heterocycles. The highest BCUT2D eigenvalue weighted by atomic mass is 35.5. The first-order chi connectivity index (χ1) is 9.72. The summed E-state index contributed by atoms with van der Waals surface area (Å²) in [6, 6.07) is 4.69. The Labute approximate surface area is 136 Å². The summed E-state index contributed by atoms with van der Waals surface area (Å²) in [4.78, 5) is 13.9. The molecular formula is C15H22Cl2N2O2. The highest BCUT2D eigenvalue weighted by Crippen LogP contribution is 2.26. The minimum absolute atomic E-state index is 0.00695. The molecule has 2 atom stereocenters. The van der Waals surface area contributed by atoms with Crippen molar-refractivity contribution in [2.75, 3.05) is 6.54 Å². The Bertz CT molecular complexity index is 493. The van der Waals surface area contributed by atoms with Gasteiger partial charge in [0.25, 0.3) is 0 Å².